The molecule has 3 N–H and O–H groups in total. The second kappa shape index (κ2) is 6.72. The highest BCUT2D eigenvalue weighted by molar-refractivity contribution is 6.33. The van der Waals surface area contributed by atoms with E-state index in [1.54, 1.807) is 0 Å². The third-order valence-corrected chi connectivity index (χ3v) is 2.77. The summed E-state index contributed by atoms with van der Waals surface area (Å²) >= 11 is 6.06. The van der Waals surface area contributed by atoms with Crippen LogP contribution in [-0.4, -0.2) is 32.1 Å². The Bertz CT molecular complexity index is 606. The van der Waals surface area contributed by atoms with E-state index >= 15 is 0 Å². The van der Waals surface area contributed by atoms with Crippen LogP contribution < -0.4 is 0 Å². The highest BCUT2D eigenvalue weighted by Crippen LogP contribution is 2.25. The standard InChI is InChI=1S/C11H11ClN2.C2H2O4/c1-7-8(2)14-11(13-7)9-5-3-4-6-10(9)12;3-1(4)2(5)6/h3-6H,1-2H3,(H,13,14);(H,3,4)(H,5,6). The summed E-state index contributed by atoms with van der Waals surface area (Å²) in [6.45, 7) is 3.98. The lowest BCUT2D eigenvalue weighted by atomic mass is 10.2. The minimum absolute atomic E-state index is 0.723. The van der Waals surface area contributed by atoms with E-state index in [1.165, 1.54) is 0 Å². The second-order valence-corrected chi connectivity index (χ2v) is 4.29. The predicted molar refractivity (Wildman–Crippen MR) is 73.8 cm³/mol. The van der Waals surface area contributed by atoms with Gasteiger partial charge in [0.25, 0.3) is 0 Å². The normalized spacial score (nSPS) is 9.55. The molecular weight excluding hydrogens is 284 g/mol. The number of rotatable bonds is 1. The Hall–Kier alpha value is -2.34. The number of hydrogen-bond donors (Lipinski definition) is 3. The number of carbonyl (C=O) groups is 2. The average Bonchev–Trinajstić information content (AvgIpc) is 2.70. The van der Waals surface area contributed by atoms with Crippen molar-refractivity contribution in [2.45, 2.75) is 13.8 Å². The molecule has 20 heavy (non-hydrogen) atoms. The van der Waals surface area contributed by atoms with Crippen LogP contribution in [0, 0.1) is 13.8 Å². The van der Waals surface area contributed by atoms with Gasteiger partial charge in [0.05, 0.1) is 10.7 Å². The molecule has 106 valence electrons. The van der Waals surface area contributed by atoms with Crippen LogP contribution in [0.2, 0.25) is 5.02 Å². The molecule has 0 aliphatic heterocycles. The van der Waals surface area contributed by atoms with Crippen LogP contribution in [0.15, 0.2) is 24.3 Å². The number of carboxylic acids is 2. The van der Waals surface area contributed by atoms with Crippen LogP contribution in [-0.2, 0) is 9.59 Å². The Balaban J connectivity index is 0.000000286. The molecular formula is C13H13ClN2O4. The van der Waals surface area contributed by atoms with Gasteiger partial charge in [0, 0.05) is 11.3 Å². The molecule has 0 spiro atoms. The average molecular weight is 297 g/mol. The zero-order chi connectivity index (χ0) is 15.3. The number of nitrogens with zero attached hydrogens (tertiary/aromatic N) is 1. The van der Waals surface area contributed by atoms with E-state index in [9.17, 15) is 0 Å². The third-order valence-electron chi connectivity index (χ3n) is 2.44. The van der Waals surface area contributed by atoms with Crippen LogP contribution in [0.4, 0.5) is 0 Å². The van der Waals surface area contributed by atoms with Crippen molar-refractivity contribution < 1.29 is 19.8 Å². The van der Waals surface area contributed by atoms with Crippen molar-refractivity contribution in [2.75, 3.05) is 0 Å². The van der Waals surface area contributed by atoms with Gasteiger partial charge in [-0.1, -0.05) is 23.7 Å². The molecule has 0 saturated carbocycles. The van der Waals surface area contributed by atoms with Crippen LogP contribution >= 0.6 is 11.6 Å². The summed E-state index contributed by atoms with van der Waals surface area (Å²) in [6, 6.07) is 7.69. The Kier molecular flexibility index (Phi) is 5.28. The number of aromatic amines is 1. The maximum absolute atomic E-state index is 9.10. The first kappa shape index (κ1) is 15.7. The van der Waals surface area contributed by atoms with Crippen LogP contribution in [0.25, 0.3) is 11.4 Å². The first-order valence-electron chi connectivity index (χ1n) is 5.57. The Morgan fingerprint density at radius 2 is 1.70 bits per heavy atom. The summed E-state index contributed by atoms with van der Waals surface area (Å²) in [4.78, 5) is 25.8. The zero-order valence-corrected chi connectivity index (χ0v) is 11.6. The molecule has 6 nitrogen and oxygen atoms in total. The summed E-state index contributed by atoms with van der Waals surface area (Å²) in [7, 11) is 0. The quantitative estimate of drug-likeness (QED) is 0.702. The van der Waals surface area contributed by atoms with Crippen molar-refractivity contribution in [1.29, 1.82) is 0 Å². The highest BCUT2D eigenvalue weighted by atomic mass is 35.5. The van der Waals surface area contributed by atoms with Gasteiger partial charge in [0.2, 0.25) is 0 Å². The Morgan fingerprint density at radius 3 is 2.10 bits per heavy atom. The van der Waals surface area contributed by atoms with E-state index in [4.69, 9.17) is 31.4 Å². The van der Waals surface area contributed by atoms with Crippen LogP contribution in [0.3, 0.4) is 0 Å². The van der Waals surface area contributed by atoms with E-state index in [1.807, 2.05) is 38.1 Å². The predicted octanol–water partition coefficient (Wildman–Crippen LogP) is 2.50. The number of aryl methyl sites for hydroxylation is 2. The molecule has 0 aliphatic rings. The number of benzene rings is 1. The number of hydrogen-bond acceptors (Lipinski definition) is 3. The van der Waals surface area contributed by atoms with Gasteiger partial charge in [0.1, 0.15) is 5.82 Å². The molecule has 0 aliphatic carbocycles. The number of aliphatic carboxylic acids is 2. The first-order valence-corrected chi connectivity index (χ1v) is 5.95. The lowest BCUT2D eigenvalue weighted by Crippen LogP contribution is -2.09. The summed E-state index contributed by atoms with van der Waals surface area (Å²) in [6.07, 6.45) is 0. The lowest BCUT2D eigenvalue weighted by Gasteiger charge is -1.98. The van der Waals surface area contributed by atoms with Gasteiger partial charge in [-0.2, -0.15) is 0 Å². The minimum Gasteiger partial charge on any atom is -0.473 e. The fourth-order valence-corrected chi connectivity index (χ4v) is 1.55. The van der Waals surface area contributed by atoms with Crippen molar-refractivity contribution in [1.82, 2.24) is 9.97 Å². The number of nitrogens with one attached hydrogen (secondary N) is 1. The van der Waals surface area contributed by atoms with Gasteiger partial charge in [-0.05, 0) is 26.0 Å². The molecule has 2 aromatic rings. The molecule has 1 aromatic heterocycles. The van der Waals surface area contributed by atoms with Crippen molar-refractivity contribution in [3.05, 3.63) is 40.7 Å². The molecule has 0 saturated heterocycles. The topological polar surface area (TPSA) is 103 Å². The van der Waals surface area contributed by atoms with E-state index in [2.05, 4.69) is 9.97 Å². The molecule has 2 rings (SSSR count). The molecule has 0 unspecified atom stereocenters. The van der Waals surface area contributed by atoms with Gasteiger partial charge in [0.15, 0.2) is 0 Å². The van der Waals surface area contributed by atoms with Crippen LogP contribution in [0.1, 0.15) is 11.4 Å². The van der Waals surface area contributed by atoms with Gasteiger partial charge >= 0.3 is 11.9 Å². The van der Waals surface area contributed by atoms with Crippen molar-refractivity contribution in [3.8, 4) is 11.4 Å². The number of halogens is 1. The molecule has 7 heteroatoms. The summed E-state index contributed by atoms with van der Waals surface area (Å²) < 4.78 is 0. The summed E-state index contributed by atoms with van der Waals surface area (Å²) in [5.41, 5.74) is 3.05. The number of carboxylic acid groups (broad SMARTS) is 2. The lowest BCUT2D eigenvalue weighted by molar-refractivity contribution is -0.159. The highest BCUT2D eigenvalue weighted by Gasteiger charge is 2.07. The number of H-pyrrole nitrogens is 1. The molecule has 1 heterocycles. The number of aromatic nitrogens is 2. The van der Waals surface area contributed by atoms with Crippen molar-refractivity contribution >= 4 is 23.5 Å². The van der Waals surface area contributed by atoms with E-state index in [0.717, 1.165) is 27.8 Å². The monoisotopic (exact) mass is 296 g/mol. The Labute approximate surface area is 120 Å². The van der Waals surface area contributed by atoms with E-state index < -0.39 is 11.9 Å². The maximum Gasteiger partial charge on any atom is 0.414 e. The van der Waals surface area contributed by atoms with Gasteiger partial charge < -0.3 is 15.2 Å². The molecule has 0 bridgehead atoms. The number of imidazole rings is 1. The fraction of sp³-hybridized carbons (Fsp3) is 0.154. The summed E-state index contributed by atoms with van der Waals surface area (Å²) in [5.74, 6) is -2.81. The van der Waals surface area contributed by atoms with Gasteiger partial charge in [-0.25, -0.2) is 14.6 Å². The molecule has 0 radical (unpaired) electrons. The third kappa shape index (κ3) is 4.10. The maximum atomic E-state index is 9.10. The van der Waals surface area contributed by atoms with Gasteiger partial charge in [-0.15, -0.1) is 0 Å². The fourth-order valence-electron chi connectivity index (χ4n) is 1.33. The van der Waals surface area contributed by atoms with Gasteiger partial charge in [-0.3, -0.25) is 0 Å². The van der Waals surface area contributed by atoms with Crippen molar-refractivity contribution in [3.63, 3.8) is 0 Å². The van der Waals surface area contributed by atoms with E-state index in [-0.39, 0.29) is 0 Å². The first-order chi connectivity index (χ1) is 9.32. The molecule has 1 aromatic carbocycles. The van der Waals surface area contributed by atoms with E-state index in [0.29, 0.717) is 0 Å². The SMILES string of the molecule is Cc1nc(-c2ccccc2Cl)[nH]c1C.O=C(O)C(=O)O. The van der Waals surface area contributed by atoms with Crippen molar-refractivity contribution in [2.24, 2.45) is 0 Å². The molecule has 0 amide bonds. The van der Waals surface area contributed by atoms with Crippen LogP contribution in [0.5, 0.6) is 0 Å². The zero-order valence-electron chi connectivity index (χ0n) is 10.8. The Morgan fingerprint density at radius 1 is 1.15 bits per heavy atom. The largest absolute Gasteiger partial charge is 0.473 e. The molecule has 0 atom stereocenters. The summed E-state index contributed by atoms with van der Waals surface area (Å²) in [5, 5.41) is 15.5. The second-order valence-electron chi connectivity index (χ2n) is 3.89. The minimum atomic E-state index is -1.82. The molecule has 0 fully saturated rings. The smallest absolute Gasteiger partial charge is 0.414 e.